The normalized spacial score (nSPS) is 12.6. The number of carbonyl (C=O) groups is 2. The lowest BCUT2D eigenvalue weighted by Crippen LogP contribution is -2.52. The quantitative estimate of drug-likeness (QED) is 0.248. The predicted octanol–water partition coefficient (Wildman–Crippen LogP) is 6.64. The van der Waals surface area contributed by atoms with Crippen molar-refractivity contribution in [3.05, 3.63) is 119 Å². The first-order valence-electron chi connectivity index (χ1n) is 13.6. The molecule has 4 aromatic rings. The molecule has 0 saturated heterocycles. The molecule has 4 aromatic carbocycles. The molecule has 2 atom stereocenters. The maximum Gasteiger partial charge on any atom is 0.243 e. The van der Waals surface area contributed by atoms with Gasteiger partial charge in [0.25, 0.3) is 0 Å². The number of amides is 2. The molecule has 38 heavy (non-hydrogen) atoms. The van der Waals surface area contributed by atoms with Gasteiger partial charge in [-0.2, -0.15) is 0 Å². The molecule has 0 saturated carbocycles. The Morgan fingerprint density at radius 2 is 1.53 bits per heavy atom. The van der Waals surface area contributed by atoms with Gasteiger partial charge in [0.15, 0.2) is 0 Å². The summed E-state index contributed by atoms with van der Waals surface area (Å²) in [4.78, 5) is 29.4. The lowest BCUT2D eigenvalue weighted by atomic mass is 9.99. The average Bonchev–Trinajstić information content (AvgIpc) is 2.94. The first-order valence-corrected chi connectivity index (χ1v) is 13.6. The van der Waals surface area contributed by atoms with E-state index in [0.717, 1.165) is 28.7 Å². The van der Waals surface area contributed by atoms with Gasteiger partial charge in [0, 0.05) is 25.4 Å². The van der Waals surface area contributed by atoms with Crippen LogP contribution in [-0.2, 0) is 29.0 Å². The van der Waals surface area contributed by atoms with Crippen molar-refractivity contribution in [1.29, 1.82) is 0 Å². The van der Waals surface area contributed by atoms with E-state index in [9.17, 15) is 9.59 Å². The standard InChI is InChI=1S/C34H38N2O2/c1-4-26(3)35-34(38)32(23-27-13-6-5-7-14-27)36(24-28-15-10-12-25(2)22-28)33(37)21-20-30-18-11-17-29-16-8-9-19-31(29)30/h5-19,22,26,32H,4,20-21,23-24H2,1-3H3,(H,35,38)/t26-,32+/m1/s1. The van der Waals surface area contributed by atoms with Crippen molar-refractivity contribution in [3.8, 4) is 0 Å². The average molecular weight is 507 g/mol. The zero-order chi connectivity index (χ0) is 26.9. The SMILES string of the molecule is CC[C@@H](C)NC(=O)[C@H](Cc1ccccc1)N(Cc1cccc(C)c1)C(=O)CCc1cccc2ccccc12. The minimum atomic E-state index is -0.605. The Morgan fingerprint density at radius 1 is 0.842 bits per heavy atom. The highest BCUT2D eigenvalue weighted by atomic mass is 16.2. The van der Waals surface area contributed by atoms with E-state index in [0.29, 0.717) is 25.8 Å². The molecule has 0 aromatic heterocycles. The third-order valence-electron chi connectivity index (χ3n) is 7.20. The van der Waals surface area contributed by atoms with Crippen LogP contribution in [0.4, 0.5) is 0 Å². The largest absolute Gasteiger partial charge is 0.352 e. The molecule has 196 valence electrons. The molecular formula is C34H38N2O2. The molecule has 1 N–H and O–H groups in total. The number of nitrogens with one attached hydrogen (secondary N) is 1. The van der Waals surface area contributed by atoms with Crippen molar-refractivity contribution in [3.63, 3.8) is 0 Å². The number of rotatable bonds is 11. The van der Waals surface area contributed by atoms with Gasteiger partial charge >= 0.3 is 0 Å². The zero-order valence-corrected chi connectivity index (χ0v) is 22.7. The smallest absolute Gasteiger partial charge is 0.243 e. The van der Waals surface area contributed by atoms with Crippen LogP contribution in [0.15, 0.2) is 97.1 Å². The van der Waals surface area contributed by atoms with Gasteiger partial charge in [-0.3, -0.25) is 9.59 Å². The molecule has 0 fully saturated rings. The minimum absolute atomic E-state index is 0.0142. The Kier molecular flexibility index (Phi) is 9.31. The number of hydrogen-bond donors (Lipinski definition) is 1. The van der Waals surface area contributed by atoms with E-state index in [1.54, 1.807) is 4.90 Å². The number of fused-ring (bicyclic) bond motifs is 1. The van der Waals surface area contributed by atoms with Crippen molar-refractivity contribution >= 4 is 22.6 Å². The molecule has 0 spiro atoms. The maximum atomic E-state index is 14.0. The highest BCUT2D eigenvalue weighted by molar-refractivity contribution is 5.89. The highest BCUT2D eigenvalue weighted by Gasteiger charge is 2.30. The Balaban J connectivity index is 1.65. The van der Waals surface area contributed by atoms with Crippen molar-refractivity contribution in [2.75, 3.05) is 0 Å². The van der Waals surface area contributed by atoms with Gasteiger partial charge in [0.1, 0.15) is 6.04 Å². The van der Waals surface area contributed by atoms with Crippen molar-refractivity contribution in [2.45, 2.75) is 65.1 Å². The summed E-state index contributed by atoms with van der Waals surface area (Å²) in [6.07, 6.45) is 2.25. The van der Waals surface area contributed by atoms with Crippen LogP contribution >= 0.6 is 0 Å². The number of nitrogens with zero attached hydrogens (tertiary/aromatic N) is 1. The summed E-state index contributed by atoms with van der Waals surface area (Å²) < 4.78 is 0. The Labute approximate surface area is 226 Å². The van der Waals surface area contributed by atoms with E-state index in [-0.39, 0.29) is 17.9 Å². The van der Waals surface area contributed by atoms with E-state index in [1.165, 1.54) is 10.8 Å². The number of benzene rings is 4. The second kappa shape index (κ2) is 13.0. The first kappa shape index (κ1) is 27.1. The molecule has 4 rings (SSSR count). The minimum Gasteiger partial charge on any atom is -0.352 e. The molecule has 4 heteroatoms. The van der Waals surface area contributed by atoms with Crippen molar-refractivity contribution in [2.24, 2.45) is 0 Å². The summed E-state index contributed by atoms with van der Waals surface area (Å²) >= 11 is 0. The third kappa shape index (κ3) is 7.10. The predicted molar refractivity (Wildman–Crippen MR) is 156 cm³/mol. The van der Waals surface area contributed by atoms with Crippen LogP contribution in [-0.4, -0.2) is 28.8 Å². The van der Waals surface area contributed by atoms with Gasteiger partial charge in [-0.1, -0.05) is 110 Å². The Morgan fingerprint density at radius 3 is 2.29 bits per heavy atom. The van der Waals surface area contributed by atoms with Crippen LogP contribution in [0.2, 0.25) is 0 Å². The summed E-state index contributed by atoms with van der Waals surface area (Å²) in [6, 6.07) is 32.1. The second-order valence-electron chi connectivity index (χ2n) is 10.2. The molecule has 0 aliphatic heterocycles. The summed E-state index contributed by atoms with van der Waals surface area (Å²) in [5.74, 6) is -0.117. The Hall–Kier alpha value is -3.92. The lowest BCUT2D eigenvalue weighted by molar-refractivity contribution is -0.141. The van der Waals surface area contributed by atoms with Crippen LogP contribution in [0.3, 0.4) is 0 Å². The first-order chi connectivity index (χ1) is 18.4. The molecular weight excluding hydrogens is 468 g/mol. The van der Waals surface area contributed by atoms with Gasteiger partial charge in [-0.15, -0.1) is 0 Å². The number of carbonyl (C=O) groups excluding carboxylic acids is 2. The van der Waals surface area contributed by atoms with Crippen molar-refractivity contribution in [1.82, 2.24) is 10.2 Å². The summed E-state index contributed by atoms with van der Waals surface area (Å²) in [5.41, 5.74) is 4.34. The third-order valence-corrected chi connectivity index (χ3v) is 7.20. The summed E-state index contributed by atoms with van der Waals surface area (Å²) in [7, 11) is 0. The van der Waals surface area contributed by atoms with Crippen LogP contribution in [0.1, 0.15) is 48.9 Å². The van der Waals surface area contributed by atoms with Crippen molar-refractivity contribution < 1.29 is 9.59 Å². The Bertz CT molecular complexity index is 1360. The summed E-state index contributed by atoms with van der Waals surface area (Å²) in [6.45, 7) is 6.50. The van der Waals surface area contributed by atoms with E-state index in [1.807, 2.05) is 80.6 Å². The summed E-state index contributed by atoms with van der Waals surface area (Å²) in [5, 5.41) is 5.49. The molecule has 4 nitrogen and oxygen atoms in total. The van der Waals surface area contributed by atoms with Crippen LogP contribution in [0, 0.1) is 6.92 Å². The van der Waals surface area contributed by atoms with Crippen LogP contribution < -0.4 is 5.32 Å². The molecule has 0 heterocycles. The van der Waals surface area contributed by atoms with Gasteiger partial charge in [0.05, 0.1) is 0 Å². The fraction of sp³-hybridized carbons (Fsp3) is 0.294. The van der Waals surface area contributed by atoms with Gasteiger partial charge < -0.3 is 10.2 Å². The fourth-order valence-electron chi connectivity index (χ4n) is 4.90. The molecule has 2 amide bonds. The second-order valence-corrected chi connectivity index (χ2v) is 10.2. The van der Waals surface area contributed by atoms with E-state index in [2.05, 4.69) is 42.6 Å². The van der Waals surface area contributed by atoms with Gasteiger partial charge in [-0.25, -0.2) is 0 Å². The highest BCUT2D eigenvalue weighted by Crippen LogP contribution is 2.22. The zero-order valence-electron chi connectivity index (χ0n) is 22.7. The van der Waals surface area contributed by atoms with Crippen LogP contribution in [0.25, 0.3) is 10.8 Å². The molecule has 0 aliphatic rings. The molecule has 0 unspecified atom stereocenters. The van der Waals surface area contributed by atoms with Gasteiger partial charge in [0.2, 0.25) is 11.8 Å². The van der Waals surface area contributed by atoms with E-state index >= 15 is 0 Å². The number of aryl methyl sites for hydroxylation is 2. The van der Waals surface area contributed by atoms with Gasteiger partial charge in [-0.05, 0) is 54.2 Å². The number of hydrogen-bond acceptors (Lipinski definition) is 2. The molecule has 0 bridgehead atoms. The molecule has 0 aliphatic carbocycles. The molecule has 0 radical (unpaired) electrons. The van der Waals surface area contributed by atoms with E-state index in [4.69, 9.17) is 0 Å². The monoisotopic (exact) mass is 506 g/mol. The topological polar surface area (TPSA) is 49.4 Å². The fourth-order valence-corrected chi connectivity index (χ4v) is 4.90. The maximum absolute atomic E-state index is 14.0. The van der Waals surface area contributed by atoms with E-state index < -0.39 is 6.04 Å². The van der Waals surface area contributed by atoms with Crippen LogP contribution in [0.5, 0.6) is 0 Å². The lowest BCUT2D eigenvalue weighted by Gasteiger charge is -2.32.